The predicted molar refractivity (Wildman–Crippen MR) is 61.2 cm³/mol. The van der Waals surface area contributed by atoms with E-state index in [1.807, 2.05) is 13.8 Å². The van der Waals surface area contributed by atoms with Crippen molar-refractivity contribution in [3.8, 4) is 0 Å². The Labute approximate surface area is 94.9 Å². The maximum atomic E-state index is 13.5. The van der Waals surface area contributed by atoms with Crippen LogP contribution < -0.4 is 5.56 Å². The minimum absolute atomic E-state index is 0.0532. The molecular formula is C12H18FNO2. The molecule has 0 N–H and O–H groups in total. The van der Waals surface area contributed by atoms with Crippen LogP contribution in [-0.4, -0.2) is 18.3 Å². The minimum Gasteiger partial charge on any atom is -0.383 e. The fraction of sp³-hybridized carbons (Fsp3) is 0.583. The lowest BCUT2D eigenvalue weighted by molar-refractivity contribution is 0.186. The maximum absolute atomic E-state index is 13.5. The number of halogens is 1. The first-order valence-corrected chi connectivity index (χ1v) is 5.49. The van der Waals surface area contributed by atoms with Gasteiger partial charge in [0.25, 0.3) is 5.56 Å². The van der Waals surface area contributed by atoms with Crippen molar-refractivity contribution in [1.29, 1.82) is 0 Å². The molecule has 1 atom stereocenters. The van der Waals surface area contributed by atoms with Gasteiger partial charge in [0.1, 0.15) is 5.82 Å². The molecule has 0 bridgehead atoms. The van der Waals surface area contributed by atoms with E-state index in [-0.39, 0.29) is 17.0 Å². The SMILES string of the molecule is CCC(C)c1c(F)ccn(CCOC)c1=O. The van der Waals surface area contributed by atoms with E-state index in [9.17, 15) is 9.18 Å². The predicted octanol–water partition coefficient (Wildman–Crippen LogP) is 2.15. The first-order valence-electron chi connectivity index (χ1n) is 5.49. The summed E-state index contributed by atoms with van der Waals surface area (Å²) in [4.78, 5) is 12.0. The van der Waals surface area contributed by atoms with Crippen molar-refractivity contribution in [2.24, 2.45) is 0 Å². The number of methoxy groups -OCH3 is 1. The fourth-order valence-electron chi connectivity index (χ4n) is 1.59. The van der Waals surface area contributed by atoms with E-state index in [1.54, 1.807) is 7.11 Å². The van der Waals surface area contributed by atoms with E-state index in [2.05, 4.69) is 0 Å². The molecule has 4 heteroatoms. The Morgan fingerprint density at radius 2 is 2.25 bits per heavy atom. The van der Waals surface area contributed by atoms with Gasteiger partial charge in [0, 0.05) is 19.9 Å². The average molecular weight is 227 g/mol. The highest BCUT2D eigenvalue weighted by atomic mass is 19.1. The summed E-state index contributed by atoms with van der Waals surface area (Å²) >= 11 is 0. The maximum Gasteiger partial charge on any atom is 0.257 e. The van der Waals surface area contributed by atoms with E-state index in [1.165, 1.54) is 16.8 Å². The van der Waals surface area contributed by atoms with Crippen molar-refractivity contribution in [2.75, 3.05) is 13.7 Å². The Balaban J connectivity index is 3.11. The van der Waals surface area contributed by atoms with Gasteiger partial charge in [-0.05, 0) is 18.4 Å². The molecule has 0 aromatic carbocycles. The molecule has 3 nitrogen and oxygen atoms in total. The standard InChI is InChI=1S/C12H18FNO2/c1-4-9(2)11-10(13)5-6-14(12(11)15)7-8-16-3/h5-6,9H,4,7-8H2,1-3H3. The molecule has 1 rings (SSSR count). The number of aromatic nitrogens is 1. The zero-order valence-corrected chi connectivity index (χ0v) is 10.00. The zero-order chi connectivity index (χ0) is 12.1. The van der Waals surface area contributed by atoms with Gasteiger partial charge in [0.2, 0.25) is 0 Å². The number of hydrogen-bond donors (Lipinski definition) is 0. The van der Waals surface area contributed by atoms with Gasteiger partial charge >= 0.3 is 0 Å². The van der Waals surface area contributed by atoms with E-state index in [0.717, 1.165) is 6.42 Å². The normalized spacial score (nSPS) is 12.8. The Kier molecular flexibility index (Phi) is 4.68. The van der Waals surface area contributed by atoms with Gasteiger partial charge in [-0.2, -0.15) is 0 Å². The van der Waals surface area contributed by atoms with Crippen molar-refractivity contribution in [2.45, 2.75) is 32.7 Å². The molecule has 0 amide bonds. The van der Waals surface area contributed by atoms with Crippen molar-refractivity contribution in [3.63, 3.8) is 0 Å². The van der Waals surface area contributed by atoms with E-state index in [0.29, 0.717) is 13.2 Å². The minimum atomic E-state index is -0.409. The van der Waals surface area contributed by atoms with Crippen LogP contribution in [0.1, 0.15) is 31.7 Å². The monoisotopic (exact) mass is 227 g/mol. The molecule has 1 aromatic heterocycles. The molecular weight excluding hydrogens is 209 g/mol. The molecule has 0 saturated carbocycles. The third-order valence-corrected chi connectivity index (χ3v) is 2.79. The van der Waals surface area contributed by atoms with Crippen LogP contribution >= 0.6 is 0 Å². The second kappa shape index (κ2) is 5.80. The smallest absolute Gasteiger partial charge is 0.257 e. The summed E-state index contributed by atoms with van der Waals surface area (Å²) in [5.41, 5.74) is 0.0347. The second-order valence-electron chi connectivity index (χ2n) is 3.88. The molecule has 1 heterocycles. The van der Waals surface area contributed by atoms with E-state index in [4.69, 9.17) is 4.74 Å². The third-order valence-electron chi connectivity index (χ3n) is 2.79. The lowest BCUT2D eigenvalue weighted by Gasteiger charge is -2.12. The summed E-state index contributed by atoms with van der Waals surface area (Å²) in [6.07, 6.45) is 2.23. The summed E-state index contributed by atoms with van der Waals surface area (Å²) in [5.74, 6) is -0.462. The van der Waals surface area contributed by atoms with Crippen LogP contribution in [0.3, 0.4) is 0 Å². The first-order chi connectivity index (χ1) is 7.61. The van der Waals surface area contributed by atoms with E-state index < -0.39 is 5.82 Å². The second-order valence-corrected chi connectivity index (χ2v) is 3.88. The summed E-state index contributed by atoms with van der Waals surface area (Å²) in [7, 11) is 1.57. The van der Waals surface area contributed by atoms with Crippen LogP contribution in [0, 0.1) is 5.82 Å². The van der Waals surface area contributed by atoms with Gasteiger partial charge in [0.15, 0.2) is 0 Å². The molecule has 90 valence electrons. The van der Waals surface area contributed by atoms with Crippen LogP contribution in [0.2, 0.25) is 0 Å². The van der Waals surface area contributed by atoms with Gasteiger partial charge in [-0.15, -0.1) is 0 Å². The lowest BCUT2D eigenvalue weighted by Crippen LogP contribution is -2.27. The van der Waals surface area contributed by atoms with Gasteiger partial charge in [-0.1, -0.05) is 13.8 Å². The fourth-order valence-corrected chi connectivity index (χ4v) is 1.59. The molecule has 0 radical (unpaired) electrons. The van der Waals surface area contributed by atoms with E-state index >= 15 is 0 Å². The molecule has 16 heavy (non-hydrogen) atoms. The molecule has 0 aliphatic heterocycles. The van der Waals surface area contributed by atoms with Gasteiger partial charge in [-0.25, -0.2) is 4.39 Å². The molecule has 1 aromatic rings. The summed E-state index contributed by atoms with van der Waals surface area (Å²) in [5, 5.41) is 0. The number of hydrogen-bond acceptors (Lipinski definition) is 2. The molecule has 0 fully saturated rings. The Morgan fingerprint density at radius 3 is 2.81 bits per heavy atom. The highest BCUT2D eigenvalue weighted by molar-refractivity contribution is 5.17. The van der Waals surface area contributed by atoms with Crippen LogP contribution in [0.4, 0.5) is 4.39 Å². The summed E-state index contributed by atoms with van der Waals surface area (Å²) in [6, 6.07) is 1.35. The van der Waals surface area contributed by atoms with Gasteiger partial charge < -0.3 is 9.30 Å². The average Bonchev–Trinajstić information content (AvgIpc) is 2.28. The molecule has 1 unspecified atom stereocenters. The Bertz CT molecular complexity index is 400. The highest BCUT2D eigenvalue weighted by Gasteiger charge is 2.15. The molecule has 0 aliphatic carbocycles. The lowest BCUT2D eigenvalue weighted by atomic mass is 10.00. The van der Waals surface area contributed by atoms with Crippen molar-refractivity contribution in [3.05, 3.63) is 34.0 Å². The Morgan fingerprint density at radius 1 is 1.56 bits per heavy atom. The molecule has 0 aliphatic rings. The molecule has 0 spiro atoms. The third kappa shape index (κ3) is 2.70. The van der Waals surface area contributed by atoms with Crippen molar-refractivity contribution in [1.82, 2.24) is 4.57 Å². The van der Waals surface area contributed by atoms with Crippen LogP contribution in [0.25, 0.3) is 0 Å². The quantitative estimate of drug-likeness (QED) is 0.771. The highest BCUT2D eigenvalue weighted by Crippen LogP contribution is 2.17. The van der Waals surface area contributed by atoms with Crippen LogP contribution in [0.15, 0.2) is 17.1 Å². The number of ether oxygens (including phenoxy) is 1. The summed E-state index contributed by atoms with van der Waals surface area (Å²) < 4.78 is 19.9. The molecule has 0 saturated heterocycles. The zero-order valence-electron chi connectivity index (χ0n) is 10.00. The summed E-state index contributed by atoms with van der Waals surface area (Å²) in [6.45, 7) is 4.71. The largest absolute Gasteiger partial charge is 0.383 e. The van der Waals surface area contributed by atoms with Gasteiger partial charge in [-0.3, -0.25) is 4.79 Å². The van der Waals surface area contributed by atoms with Crippen LogP contribution in [-0.2, 0) is 11.3 Å². The van der Waals surface area contributed by atoms with Crippen molar-refractivity contribution < 1.29 is 9.13 Å². The van der Waals surface area contributed by atoms with Crippen molar-refractivity contribution >= 4 is 0 Å². The Hall–Kier alpha value is -1.16. The number of nitrogens with zero attached hydrogens (tertiary/aromatic N) is 1. The number of rotatable bonds is 5. The number of pyridine rings is 1. The van der Waals surface area contributed by atoms with Crippen LogP contribution in [0.5, 0.6) is 0 Å². The van der Waals surface area contributed by atoms with Gasteiger partial charge in [0.05, 0.1) is 12.2 Å². The first kappa shape index (κ1) is 12.9. The topological polar surface area (TPSA) is 31.2 Å².